The molecular formula is C56H35N5S. The Morgan fingerprint density at radius 2 is 1.03 bits per heavy atom. The van der Waals surface area contributed by atoms with Crippen LogP contribution >= 0.6 is 11.3 Å². The van der Waals surface area contributed by atoms with Gasteiger partial charge in [-0.2, -0.15) is 0 Å². The van der Waals surface area contributed by atoms with E-state index < -0.39 is 12.1 Å². The summed E-state index contributed by atoms with van der Waals surface area (Å²) < 4.78 is 66.1. The first-order valence-corrected chi connectivity index (χ1v) is 20.9. The number of hydrogen-bond acceptors (Lipinski definition) is 5. The summed E-state index contributed by atoms with van der Waals surface area (Å²) in [7, 11) is 0. The van der Waals surface area contributed by atoms with Gasteiger partial charge in [0.15, 0.2) is 17.5 Å². The molecule has 0 unspecified atom stereocenters. The predicted molar refractivity (Wildman–Crippen MR) is 257 cm³/mol. The van der Waals surface area contributed by atoms with E-state index >= 15 is 0 Å². The fraction of sp³-hybridized carbons (Fsp3) is 0. The molecule has 0 aliphatic heterocycles. The first-order chi connectivity index (χ1) is 33.6. The molecule has 0 spiro atoms. The van der Waals surface area contributed by atoms with Gasteiger partial charge < -0.3 is 4.57 Å². The molecule has 0 N–H and O–H groups in total. The van der Waals surface area contributed by atoms with Crippen molar-refractivity contribution in [3.8, 4) is 73.2 Å². The first-order valence-electron chi connectivity index (χ1n) is 23.6. The highest BCUT2D eigenvalue weighted by atomic mass is 32.1. The second kappa shape index (κ2) is 14.9. The van der Waals surface area contributed by atoms with Crippen LogP contribution in [0.25, 0.3) is 115 Å². The highest BCUT2D eigenvalue weighted by molar-refractivity contribution is 7.26. The van der Waals surface area contributed by atoms with Crippen LogP contribution in [0.15, 0.2) is 212 Å². The number of pyridine rings is 1. The molecule has 0 aliphatic carbocycles. The van der Waals surface area contributed by atoms with Gasteiger partial charge in [0, 0.05) is 60.0 Å². The van der Waals surface area contributed by atoms with Crippen molar-refractivity contribution in [3.63, 3.8) is 0 Å². The van der Waals surface area contributed by atoms with Gasteiger partial charge in [0.1, 0.15) is 0 Å². The Morgan fingerprint density at radius 1 is 0.403 bits per heavy atom. The maximum atomic E-state index is 9.18. The smallest absolute Gasteiger partial charge is 0.166 e. The van der Waals surface area contributed by atoms with Gasteiger partial charge >= 0.3 is 0 Å². The summed E-state index contributed by atoms with van der Waals surface area (Å²) in [5.41, 5.74) is 9.04. The number of benzene rings is 8. The average Bonchev–Trinajstić information content (AvgIpc) is 3.97. The molecule has 0 aliphatic rings. The minimum Gasteiger partial charge on any atom is -0.309 e. The van der Waals surface area contributed by atoms with Crippen molar-refractivity contribution in [3.05, 3.63) is 212 Å². The monoisotopic (exact) mass is 816 g/mol. The summed E-state index contributed by atoms with van der Waals surface area (Å²) in [6.07, 6.45) is 3.51. The Bertz CT molecular complexity index is 4050. The lowest BCUT2D eigenvalue weighted by molar-refractivity contribution is 1.06. The van der Waals surface area contributed by atoms with Crippen molar-refractivity contribution in [2.75, 3.05) is 0 Å². The quantitative estimate of drug-likeness (QED) is 0.161. The van der Waals surface area contributed by atoms with Crippen LogP contribution in [0.4, 0.5) is 0 Å². The number of fused-ring (bicyclic) bond motifs is 6. The molecule has 4 aromatic heterocycles. The molecule has 5 nitrogen and oxygen atoms in total. The van der Waals surface area contributed by atoms with E-state index in [9.17, 15) is 1.37 Å². The topological polar surface area (TPSA) is 56.5 Å². The second-order valence-corrected chi connectivity index (χ2v) is 16.0. The standard InChI is InChI=1S/C56H35N5S/c1-2-12-36(13-3-1)40-28-29-52-48(35-40)46-20-11-19-43(53(46)62-52)41-14-10-15-42(34-41)55-58-54(39-26-24-37(25-27-39)38-30-32-57-33-31-38)59-56(60-55)47-18-6-9-23-51(47)61-49-21-7-4-16-44(49)45-17-5-8-22-50(45)61/h1-35H/i4D,5D,7D,16D,17D,21D,22D. The largest absolute Gasteiger partial charge is 0.309 e. The van der Waals surface area contributed by atoms with Crippen molar-refractivity contribution in [2.45, 2.75) is 0 Å². The Labute approximate surface area is 371 Å². The number of thiophene rings is 1. The maximum absolute atomic E-state index is 9.18. The van der Waals surface area contributed by atoms with E-state index in [2.05, 4.69) is 77.8 Å². The van der Waals surface area contributed by atoms with E-state index in [0.29, 0.717) is 22.9 Å². The third-order valence-electron chi connectivity index (χ3n) is 11.3. The van der Waals surface area contributed by atoms with Gasteiger partial charge in [-0.25, -0.2) is 15.0 Å². The third kappa shape index (κ3) is 6.16. The summed E-state index contributed by atoms with van der Waals surface area (Å²) >= 11 is 1.77. The van der Waals surface area contributed by atoms with Crippen LogP contribution in [0.3, 0.4) is 0 Å². The van der Waals surface area contributed by atoms with Crippen LogP contribution in [-0.2, 0) is 0 Å². The molecule has 4 heterocycles. The highest BCUT2D eigenvalue weighted by Crippen LogP contribution is 2.42. The maximum Gasteiger partial charge on any atom is 0.166 e. The van der Waals surface area contributed by atoms with Crippen molar-refractivity contribution in [1.82, 2.24) is 24.5 Å². The van der Waals surface area contributed by atoms with Crippen molar-refractivity contribution in [2.24, 2.45) is 0 Å². The lowest BCUT2D eigenvalue weighted by atomic mass is 9.99. The number of nitrogens with zero attached hydrogens (tertiary/aromatic N) is 5. The van der Waals surface area contributed by atoms with Gasteiger partial charge in [-0.1, -0.05) is 145 Å². The van der Waals surface area contributed by atoms with E-state index in [1.807, 2.05) is 66.7 Å². The molecule has 0 saturated carbocycles. The van der Waals surface area contributed by atoms with E-state index in [0.717, 1.165) is 38.9 Å². The summed E-state index contributed by atoms with van der Waals surface area (Å²) in [6, 6.07) is 49.9. The summed E-state index contributed by atoms with van der Waals surface area (Å²) in [5, 5.41) is 2.53. The average molecular weight is 817 g/mol. The SMILES string of the molecule is [2H]c1cc([2H])c2c(c1[2H])c1c([2H])c([2H])c([2H])c([2H])c1n2-c1ccccc1-c1nc(-c2ccc(-c3ccncc3)cc2)nc(-c2cccc(-c3cccc4c3sc3ccc(-c5ccccc5)cc34)c2)n1. The Kier molecular flexibility index (Phi) is 7.01. The fourth-order valence-corrected chi connectivity index (χ4v) is 9.56. The Balaban J connectivity index is 1.06. The van der Waals surface area contributed by atoms with E-state index in [1.54, 1.807) is 40.4 Å². The summed E-state index contributed by atoms with van der Waals surface area (Å²) in [4.78, 5) is 19.6. The van der Waals surface area contributed by atoms with Gasteiger partial charge in [0.05, 0.1) is 26.3 Å². The van der Waals surface area contributed by atoms with Crippen LogP contribution in [0, 0.1) is 0 Å². The van der Waals surface area contributed by atoms with Crippen LogP contribution in [0.2, 0.25) is 0 Å². The number of aromatic nitrogens is 5. The van der Waals surface area contributed by atoms with E-state index in [1.165, 1.54) is 31.8 Å². The zero-order chi connectivity index (χ0) is 47.1. The third-order valence-corrected chi connectivity index (χ3v) is 12.5. The Morgan fingerprint density at radius 3 is 1.90 bits per heavy atom. The normalized spacial score (nSPS) is 13.1. The van der Waals surface area contributed by atoms with Crippen LogP contribution in [0.1, 0.15) is 9.60 Å². The van der Waals surface area contributed by atoms with Gasteiger partial charge in [-0.15, -0.1) is 11.3 Å². The molecular weight excluding hydrogens is 775 g/mol. The highest BCUT2D eigenvalue weighted by Gasteiger charge is 2.20. The molecule has 0 amide bonds. The molecule has 6 heteroatoms. The van der Waals surface area contributed by atoms with Crippen molar-refractivity contribution < 1.29 is 9.60 Å². The van der Waals surface area contributed by atoms with Crippen LogP contribution < -0.4 is 0 Å². The molecule has 12 rings (SSSR count). The van der Waals surface area contributed by atoms with Crippen molar-refractivity contribution in [1.29, 1.82) is 0 Å². The molecule has 62 heavy (non-hydrogen) atoms. The fourth-order valence-electron chi connectivity index (χ4n) is 8.34. The number of hydrogen-bond donors (Lipinski definition) is 0. The lowest BCUT2D eigenvalue weighted by Crippen LogP contribution is -2.03. The van der Waals surface area contributed by atoms with Gasteiger partial charge in [0.25, 0.3) is 0 Å². The number of rotatable bonds is 7. The number of para-hydroxylation sites is 3. The summed E-state index contributed by atoms with van der Waals surface area (Å²) in [5.74, 6) is 1.08. The lowest BCUT2D eigenvalue weighted by Gasteiger charge is -2.15. The molecule has 8 aromatic carbocycles. The zero-order valence-corrected chi connectivity index (χ0v) is 33.6. The van der Waals surface area contributed by atoms with Gasteiger partial charge in [0.2, 0.25) is 0 Å². The van der Waals surface area contributed by atoms with Crippen LogP contribution in [0.5, 0.6) is 0 Å². The summed E-state index contributed by atoms with van der Waals surface area (Å²) in [6.45, 7) is 0. The van der Waals surface area contributed by atoms with E-state index in [-0.39, 0.29) is 57.8 Å². The second-order valence-electron chi connectivity index (χ2n) is 14.9. The van der Waals surface area contributed by atoms with Gasteiger partial charge in [-0.3, -0.25) is 4.98 Å². The minimum absolute atomic E-state index is 0.0619. The molecule has 0 bridgehead atoms. The first kappa shape index (κ1) is 29.2. The molecule has 0 atom stereocenters. The van der Waals surface area contributed by atoms with Crippen LogP contribution in [-0.4, -0.2) is 24.5 Å². The van der Waals surface area contributed by atoms with E-state index in [4.69, 9.17) is 23.2 Å². The minimum atomic E-state index is -0.467. The predicted octanol–water partition coefficient (Wildman–Crippen LogP) is 14.7. The molecule has 0 radical (unpaired) electrons. The zero-order valence-electron chi connectivity index (χ0n) is 39.8. The Hall–Kier alpha value is -8.06. The molecule has 0 fully saturated rings. The molecule has 12 aromatic rings. The van der Waals surface area contributed by atoms with Crippen molar-refractivity contribution >= 4 is 53.3 Å². The molecule has 0 saturated heterocycles. The van der Waals surface area contributed by atoms with Gasteiger partial charge in [-0.05, 0) is 87.9 Å². The molecule has 290 valence electrons.